The van der Waals surface area contributed by atoms with E-state index in [1.807, 2.05) is 30.3 Å². The van der Waals surface area contributed by atoms with Gasteiger partial charge in [-0.1, -0.05) is 13.0 Å². The van der Waals surface area contributed by atoms with Gasteiger partial charge in [0.25, 0.3) is 0 Å². The van der Waals surface area contributed by atoms with Gasteiger partial charge in [-0.25, -0.2) is 9.97 Å². The number of benzene rings is 1. The molecular weight excluding hydrogens is 262 g/mol. The van der Waals surface area contributed by atoms with Crippen LogP contribution < -0.4 is 10.6 Å². The second kappa shape index (κ2) is 6.17. The van der Waals surface area contributed by atoms with E-state index in [9.17, 15) is 0 Å². The highest BCUT2D eigenvalue weighted by molar-refractivity contribution is 5.83. The first kappa shape index (κ1) is 13.3. The van der Waals surface area contributed by atoms with E-state index >= 15 is 0 Å². The Bertz CT molecular complexity index is 741. The fourth-order valence-electron chi connectivity index (χ4n) is 2.08. The monoisotopic (exact) mass is 279 g/mol. The number of rotatable bonds is 5. The highest BCUT2D eigenvalue weighted by Gasteiger charge is 2.01. The topological polar surface area (TPSA) is 62.7 Å². The first-order chi connectivity index (χ1) is 10.3. The van der Waals surface area contributed by atoms with Crippen LogP contribution >= 0.6 is 0 Å². The van der Waals surface area contributed by atoms with Crippen LogP contribution in [0.15, 0.2) is 48.9 Å². The Kier molecular flexibility index (Phi) is 3.91. The number of nitrogens with zero attached hydrogens (tertiary/aromatic N) is 3. The van der Waals surface area contributed by atoms with Crippen molar-refractivity contribution in [2.45, 2.75) is 13.3 Å². The Labute approximate surface area is 123 Å². The molecule has 0 spiro atoms. The lowest BCUT2D eigenvalue weighted by Gasteiger charge is -2.08. The molecular formula is C16H17N5. The molecule has 3 rings (SSSR count). The van der Waals surface area contributed by atoms with Crippen molar-refractivity contribution >= 4 is 28.2 Å². The van der Waals surface area contributed by atoms with Crippen molar-refractivity contribution in [3.05, 3.63) is 48.9 Å². The molecule has 5 heteroatoms. The Hall–Kier alpha value is -2.69. The maximum absolute atomic E-state index is 4.31. The molecule has 21 heavy (non-hydrogen) atoms. The van der Waals surface area contributed by atoms with Crippen LogP contribution in [-0.4, -0.2) is 21.5 Å². The molecule has 1 aromatic carbocycles. The van der Waals surface area contributed by atoms with Gasteiger partial charge in [-0.15, -0.1) is 0 Å². The highest BCUT2D eigenvalue weighted by Crippen LogP contribution is 2.20. The van der Waals surface area contributed by atoms with Crippen molar-refractivity contribution in [2.24, 2.45) is 0 Å². The van der Waals surface area contributed by atoms with Gasteiger partial charge in [0.15, 0.2) is 0 Å². The zero-order valence-electron chi connectivity index (χ0n) is 11.9. The second-order valence-corrected chi connectivity index (χ2v) is 4.75. The quantitative estimate of drug-likeness (QED) is 0.747. The van der Waals surface area contributed by atoms with Crippen LogP contribution in [0.3, 0.4) is 0 Å². The minimum atomic E-state index is 0.770. The van der Waals surface area contributed by atoms with Gasteiger partial charge in [0, 0.05) is 29.9 Å². The molecule has 5 nitrogen and oxygen atoms in total. The average Bonchev–Trinajstić information content (AvgIpc) is 2.53. The van der Waals surface area contributed by atoms with Gasteiger partial charge in [0.2, 0.25) is 0 Å². The summed E-state index contributed by atoms with van der Waals surface area (Å²) in [5, 5.41) is 7.64. The van der Waals surface area contributed by atoms with Crippen molar-refractivity contribution in [3.63, 3.8) is 0 Å². The Morgan fingerprint density at radius 3 is 2.81 bits per heavy atom. The van der Waals surface area contributed by atoms with Crippen LogP contribution in [0.2, 0.25) is 0 Å². The summed E-state index contributed by atoms with van der Waals surface area (Å²) in [5.74, 6) is 1.60. The maximum atomic E-state index is 4.31. The van der Waals surface area contributed by atoms with E-state index in [0.717, 1.165) is 41.2 Å². The smallest absolute Gasteiger partial charge is 0.135 e. The number of anilines is 3. The first-order valence-corrected chi connectivity index (χ1v) is 7.03. The van der Waals surface area contributed by atoms with Crippen molar-refractivity contribution in [1.29, 1.82) is 0 Å². The fraction of sp³-hybridized carbons (Fsp3) is 0.188. The maximum Gasteiger partial charge on any atom is 0.135 e. The van der Waals surface area contributed by atoms with Crippen LogP contribution in [0.1, 0.15) is 13.3 Å². The van der Waals surface area contributed by atoms with Crippen molar-refractivity contribution in [1.82, 2.24) is 15.0 Å². The van der Waals surface area contributed by atoms with Gasteiger partial charge < -0.3 is 10.6 Å². The van der Waals surface area contributed by atoms with E-state index in [-0.39, 0.29) is 0 Å². The second-order valence-electron chi connectivity index (χ2n) is 4.75. The Morgan fingerprint density at radius 1 is 1.00 bits per heavy atom. The predicted octanol–water partition coefficient (Wildman–Crippen LogP) is 3.59. The number of pyridine rings is 1. The molecule has 0 radical (unpaired) electrons. The van der Waals surface area contributed by atoms with E-state index in [0.29, 0.717) is 0 Å². The molecule has 2 N–H and O–H groups in total. The molecule has 0 saturated heterocycles. The molecule has 0 aliphatic heterocycles. The molecule has 0 bridgehead atoms. The predicted molar refractivity (Wildman–Crippen MR) is 85.8 cm³/mol. The minimum Gasteiger partial charge on any atom is -0.370 e. The van der Waals surface area contributed by atoms with E-state index in [4.69, 9.17) is 0 Å². The number of aromatic nitrogens is 3. The fourth-order valence-corrected chi connectivity index (χ4v) is 2.08. The summed E-state index contributed by atoms with van der Waals surface area (Å²) < 4.78 is 0. The zero-order chi connectivity index (χ0) is 14.5. The summed E-state index contributed by atoms with van der Waals surface area (Å²) in [6.45, 7) is 3.02. The van der Waals surface area contributed by atoms with Gasteiger partial charge in [-0.2, -0.15) is 0 Å². The SMILES string of the molecule is CCCNc1cc(Nc2ccc3ncccc3c2)ncn1. The molecule has 106 valence electrons. The summed E-state index contributed by atoms with van der Waals surface area (Å²) >= 11 is 0. The highest BCUT2D eigenvalue weighted by atomic mass is 15.1. The standard InChI is InChI=1S/C16H17N5/c1-2-7-18-15-10-16(20-11-19-15)21-13-5-6-14-12(9-13)4-3-8-17-14/h3-6,8-11H,2,7H2,1H3,(H2,18,19,20,21). The van der Waals surface area contributed by atoms with E-state index in [1.165, 1.54) is 0 Å². The molecule has 2 heterocycles. The molecule has 3 aromatic rings. The van der Waals surface area contributed by atoms with Gasteiger partial charge >= 0.3 is 0 Å². The lowest BCUT2D eigenvalue weighted by Crippen LogP contribution is -2.03. The third-order valence-electron chi connectivity index (χ3n) is 3.10. The summed E-state index contributed by atoms with van der Waals surface area (Å²) in [4.78, 5) is 12.8. The van der Waals surface area contributed by atoms with Gasteiger partial charge in [-0.05, 0) is 30.7 Å². The van der Waals surface area contributed by atoms with Crippen LogP contribution in [0.25, 0.3) is 10.9 Å². The molecule has 0 saturated carbocycles. The number of hydrogen-bond donors (Lipinski definition) is 2. The summed E-state index contributed by atoms with van der Waals surface area (Å²) in [6, 6.07) is 11.9. The summed E-state index contributed by atoms with van der Waals surface area (Å²) in [5.41, 5.74) is 1.96. The van der Waals surface area contributed by atoms with Crippen molar-refractivity contribution < 1.29 is 0 Å². The number of fused-ring (bicyclic) bond motifs is 1. The molecule has 0 amide bonds. The lowest BCUT2D eigenvalue weighted by atomic mass is 10.2. The number of nitrogens with one attached hydrogen (secondary N) is 2. The van der Waals surface area contributed by atoms with Gasteiger partial charge in [0.05, 0.1) is 5.52 Å². The zero-order valence-corrected chi connectivity index (χ0v) is 11.9. The normalized spacial score (nSPS) is 10.5. The van der Waals surface area contributed by atoms with Crippen LogP contribution in [0.4, 0.5) is 17.3 Å². The third-order valence-corrected chi connectivity index (χ3v) is 3.10. The van der Waals surface area contributed by atoms with Gasteiger partial charge in [0.1, 0.15) is 18.0 Å². The van der Waals surface area contributed by atoms with Crippen LogP contribution in [0, 0.1) is 0 Å². The third kappa shape index (κ3) is 3.25. The van der Waals surface area contributed by atoms with Crippen LogP contribution in [-0.2, 0) is 0 Å². The largest absolute Gasteiger partial charge is 0.370 e. The summed E-state index contributed by atoms with van der Waals surface area (Å²) in [7, 11) is 0. The van der Waals surface area contributed by atoms with E-state index < -0.39 is 0 Å². The first-order valence-electron chi connectivity index (χ1n) is 7.03. The van der Waals surface area contributed by atoms with E-state index in [2.05, 4.69) is 38.6 Å². The van der Waals surface area contributed by atoms with Crippen molar-refractivity contribution in [2.75, 3.05) is 17.2 Å². The molecule has 2 aromatic heterocycles. The lowest BCUT2D eigenvalue weighted by molar-refractivity contribution is 0.965. The summed E-state index contributed by atoms with van der Waals surface area (Å²) in [6.07, 6.45) is 4.42. The molecule has 0 unspecified atom stereocenters. The number of hydrogen-bond acceptors (Lipinski definition) is 5. The van der Waals surface area contributed by atoms with E-state index in [1.54, 1.807) is 12.5 Å². The van der Waals surface area contributed by atoms with Crippen LogP contribution in [0.5, 0.6) is 0 Å². The molecule has 0 aliphatic rings. The molecule has 0 atom stereocenters. The Morgan fingerprint density at radius 2 is 1.90 bits per heavy atom. The molecule has 0 aliphatic carbocycles. The minimum absolute atomic E-state index is 0.770. The van der Waals surface area contributed by atoms with Crippen molar-refractivity contribution in [3.8, 4) is 0 Å². The van der Waals surface area contributed by atoms with Gasteiger partial charge in [-0.3, -0.25) is 4.98 Å². The Balaban J connectivity index is 1.81. The molecule has 0 fully saturated rings. The average molecular weight is 279 g/mol.